The third-order valence-corrected chi connectivity index (χ3v) is 8.26. The van der Waals surface area contributed by atoms with E-state index < -0.39 is 23.5 Å². The van der Waals surface area contributed by atoms with Crippen molar-refractivity contribution in [2.75, 3.05) is 0 Å². The summed E-state index contributed by atoms with van der Waals surface area (Å²) < 4.78 is 81.7. The van der Waals surface area contributed by atoms with Crippen molar-refractivity contribution < 1.29 is 26.3 Å². The molecule has 0 aliphatic heterocycles. The van der Waals surface area contributed by atoms with Crippen molar-refractivity contribution in [3.63, 3.8) is 0 Å². The Labute approximate surface area is 234 Å². The highest BCUT2D eigenvalue weighted by molar-refractivity contribution is 5.71. The Balaban J connectivity index is 1.66. The first-order valence-corrected chi connectivity index (χ1v) is 13.7. The van der Waals surface area contributed by atoms with Gasteiger partial charge in [0.05, 0.1) is 11.1 Å². The van der Waals surface area contributed by atoms with Gasteiger partial charge in [0.15, 0.2) is 0 Å². The highest BCUT2D eigenvalue weighted by Gasteiger charge is 2.37. The first-order chi connectivity index (χ1) is 19.4. The summed E-state index contributed by atoms with van der Waals surface area (Å²) in [7, 11) is 0. The zero-order valence-electron chi connectivity index (χ0n) is 22.7. The summed E-state index contributed by atoms with van der Waals surface area (Å²) in [4.78, 5) is 0. The summed E-state index contributed by atoms with van der Waals surface area (Å²) >= 11 is 0. The molecule has 2 aliphatic carbocycles. The molecule has 41 heavy (non-hydrogen) atoms. The highest BCUT2D eigenvalue weighted by atomic mass is 19.4. The lowest BCUT2D eigenvalue weighted by molar-refractivity contribution is -0.143. The van der Waals surface area contributed by atoms with Gasteiger partial charge in [0.2, 0.25) is 0 Å². The Morgan fingerprint density at radius 3 is 2.05 bits per heavy atom. The summed E-state index contributed by atoms with van der Waals surface area (Å²) in [6, 6.07) is 20.6. The van der Waals surface area contributed by atoms with Gasteiger partial charge in [-0.2, -0.15) is 26.3 Å². The Bertz CT molecular complexity index is 1840. The standard InChI is InChI=1S/C35H28F6/c1-20-7-9-24(10-8-20)31-19-30-25(15-22-16-26(34(36,37)38)18-27(17-22)35(39,40)41)13-21(2)14-32(30)29-12-11-23-5-3-4-6-28(23)33(29)31/h3-11,16-19,21H,12-15H2,1-2H3/t21-/m1/s1. The molecule has 2 aliphatic rings. The van der Waals surface area contributed by atoms with Crippen molar-refractivity contribution in [1.29, 1.82) is 0 Å². The number of fused-ring (bicyclic) bond motifs is 4. The lowest BCUT2D eigenvalue weighted by atomic mass is 9.78. The maximum absolute atomic E-state index is 13.6. The molecule has 4 aromatic carbocycles. The minimum absolute atomic E-state index is 0.0220. The van der Waals surface area contributed by atoms with Crippen LogP contribution in [0.25, 0.3) is 22.8 Å². The largest absolute Gasteiger partial charge is 0.416 e. The zero-order valence-corrected chi connectivity index (χ0v) is 22.7. The predicted octanol–water partition coefficient (Wildman–Crippen LogP) is 8.30. The predicted molar refractivity (Wildman–Crippen MR) is 149 cm³/mol. The van der Waals surface area contributed by atoms with Crippen LogP contribution in [-0.4, -0.2) is 0 Å². The van der Waals surface area contributed by atoms with E-state index in [1.807, 2.05) is 19.1 Å². The quantitative estimate of drug-likeness (QED) is 0.220. The molecule has 0 bridgehead atoms. The van der Waals surface area contributed by atoms with Crippen LogP contribution in [0.3, 0.4) is 0 Å². The molecule has 0 N–H and O–H groups in total. The molecule has 0 saturated heterocycles. The van der Waals surface area contributed by atoms with Crippen molar-refractivity contribution in [3.05, 3.63) is 127 Å². The number of rotatable bonds is 3. The van der Waals surface area contributed by atoms with Gasteiger partial charge >= 0.3 is 12.4 Å². The Morgan fingerprint density at radius 2 is 1.39 bits per heavy atom. The van der Waals surface area contributed by atoms with Gasteiger partial charge in [0.25, 0.3) is 0 Å². The second-order valence-electron chi connectivity index (χ2n) is 11.4. The molecule has 1 atom stereocenters. The van der Waals surface area contributed by atoms with Gasteiger partial charge in [-0.05, 0) is 111 Å². The molecule has 210 valence electrons. The first kappa shape index (κ1) is 27.4. The fourth-order valence-electron chi connectivity index (χ4n) is 6.42. The molecule has 0 aromatic heterocycles. The maximum atomic E-state index is 13.6. The second-order valence-corrected chi connectivity index (χ2v) is 11.4. The first-order valence-electron chi connectivity index (χ1n) is 13.7. The van der Waals surface area contributed by atoms with Crippen LogP contribution in [-0.2, 0) is 31.6 Å². The molecule has 0 saturated carbocycles. The molecule has 0 amide bonds. The van der Waals surface area contributed by atoms with E-state index in [1.165, 1.54) is 5.56 Å². The molecule has 0 fully saturated rings. The summed E-state index contributed by atoms with van der Waals surface area (Å²) in [5.41, 5.74) is 3.89. The maximum Gasteiger partial charge on any atom is 0.416 e. The number of benzene rings is 4. The van der Waals surface area contributed by atoms with Crippen LogP contribution < -0.4 is 10.4 Å². The van der Waals surface area contributed by atoms with E-state index in [9.17, 15) is 26.3 Å². The number of alkyl halides is 6. The minimum atomic E-state index is -4.88. The number of hydrogen-bond acceptors (Lipinski definition) is 0. The van der Waals surface area contributed by atoms with Crippen molar-refractivity contribution in [3.8, 4) is 11.1 Å². The van der Waals surface area contributed by atoms with Gasteiger partial charge in [0.1, 0.15) is 0 Å². The van der Waals surface area contributed by atoms with E-state index in [2.05, 4.69) is 55.5 Å². The molecule has 6 rings (SSSR count). The molecule has 0 unspecified atom stereocenters. The molecule has 0 heterocycles. The summed E-state index contributed by atoms with van der Waals surface area (Å²) in [5.74, 6) is 0.205. The van der Waals surface area contributed by atoms with E-state index in [0.29, 0.717) is 6.42 Å². The van der Waals surface area contributed by atoms with E-state index in [4.69, 9.17) is 0 Å². The second kappa shape index (κ2) is 9.93. The zero-order chi connectivity index (χ0) is 29.1. The number of halogens is 6. The third-order valence-electron chi connectivity index (χ3n) is 8.26. The Kier molecular flexibility index (Phi) is 6.63. The summed E-state index contributed by atoms with van der Waals surface area (Å²) in [6.07, 6.45) is -5.39. The molecular weight excluding hydrogens is 534 g/mol. The van der Waals surface area contributed by atoms with E-state index in [1.54, 1.807) is 0 Å². The average Bonchev–Trinajstić information content (AvgIpc) is 2.92. The topological polar surface area (TPSA) is 0 Å². The molecule has 4 aromatic rings. The van der Waals surface area contributed by atoms with Crippen molar-refractivity contribution in [2.24, 2.45) is 5.92 Å². The molecule has 0 radical (unpaired) electrons. The SMILES string of the molecule is Cc1ccc(-c2cc3c(c4c2=c2ccccc2=CC4)C[C@H](C)CC=3Cc2cc(C(F)(F)F)cc(C(F)(F)F)c2)cc1. The van der Waals surface area contributed by atoms with Crippen LogP contribution in [0.1, 0.15) is 46.7 Å². The molecule has 6 heteroatoms. The monoisotopic (exact) mass is 562 g/mol. The van der Waals surface area contributed by atoms with E-state index in [-0.39, 0.29) is 24.0 Å². The Hall–Kier alpha value is -3.80. The van der Waals surface area contributed by atoms with Gasteiger partial charge < -0.3 is 0 Å². The van der Waals surface area contributed by atoms with Crippen LogP contribution in [0.2, 0.25) is 0 Å². The highest BCUT2D eigenvalue weighted by Crippen LogP contribution is 2.38. The Morgan fingerprint density at radius 1 is 0.732 bits per heavy atom. The van der Waals surface area contributed by atoms with Crippen LogP contribution in [0.5, 0.6) is 0 Å². The van der Waals surface area contributed by atoms with Gasteiger partial charge in [0, 0.05) is 0 Å². The smallest absolute Gasteiger partial charge is 0.166 e. The number of hydrogen-bond donors (Lipinski definition) is 0. The van der Waals surface area contributed by atoms with Crippen LogP contribution in [0.15, 0.2) is 72.8 Å². The molecular formula is C35H28F6. The minimum Gasteiger partial charge on any atom is -0.166 e. The van der Waals surface area contributed by atoms with Crippen molar-refractivity contribution in [2.45, 2.75) is 51.9 Å². The third kappa shape index (κ3) is 5.20. The van der Waals surface area contributed by atoms with Crippen molar-refractivity contribution in [1.82, 2.24) is 0 Å². The van der Waals surface area contributed by atoms with E-state index in [0.717, 1.165) is 73.7 Å². The van der Waals surface area contributed by atoms with Gasteiger partial charge in [-0.15, -0.1) is 0 Å². The van der Waals surface area contributed by atoms with E-state index >= 15 is 0 Å². The lowest BCUT2D eigenvalue weighted by Crippen LogP contribution is -2.27. The van der Waals surface area contributed by atoms with Gasteiger partial charge in [-0.1, -0.05) is 72.7 Å². The van der Waals surface area contributed by atoms with Crippen LogP contribution in [0, 0.1) is 23.3 Å². The lowest BCUT2D eigenvalue weighted by Gasteiger charge is -2.27. The summed E-state index contributed by atoms with van der Waals surface area (Å²) in [6.45, 7) is 4.12. The molecule has 0 spiro atoms. The van der Waals surface area contributed by atoms with Crippen LogP contribution in [0.4, 0.5) is 26.3 Å². The van der Waals surface area contributed by atoms with Crippen LogP contribution >= 0.6 is 0 Å². The summed E-state index contributed by atoms with van der Waals surface area (Å²) in [5, 5.41) is 4.42. The molecule has 0 nitrogen and oxygen atoms in total. The average molecular weight is 563 g/mol. The van der Waals surface area contributed by atoms with Gasteiger partial charge in [-0.25, -0.2) is 0 Å². The normalized spacial score (nSPS) is 16.5. The number of aryl methyl sites for hydroxylation is 1. The van der Waals surface area contributed by atoms with Crippen molar-refractivity contribution >= 4 is 11.6 Å². The van der Waals surface area contributed by atoms with Gasteiger partial charge in [-0.3, -0.25) is 0 Å². The fraction of sp³-hybridized carbons (Fsp3) is 0.257. The fourth-order valence-corrected chi connectivity index (χ4v) is 6.42.